The summed E-state index contributed by atoms with van der Waals surface area (Å²) in [6.07, 6.45) is 0. The summed E-state index contributed by atoms with van der Waals surface area (Å²) in [5, 5.41) is 5.86. The van der Waals surface area contributed by atoms with Crippen molar-refractivity contribution in [3.63, 3.8) is 0 Å². The second-order valence-electron chi connectivity index (χ2n) is 7.70. The Labute approximate surface area is 178 Å². The maximum atomic E-state index is 13.7. The van der Waals surface area contributed by atoms with Crippen LogP contribution in [-0.4, -0.2) is 12.9 Å². The SMILES string of the molecule is COc1ccc2cc(C(=O)c3cc4ccccc4c4oc5ccccc5c34)ccc2c1. The topological polar surface area (TPSA) is 39.4 Å². The van der Waals surface area contributed by atoms with Gasteiger partial charge in [-0.1, -0.05) is 60.7 Å². The number of rotatable bonds is 3. The van der Waals surface area contributed by atoms with E-state index >= 15 is 0 Å². The summed E-state index contributed by atoms with van der Waals surface area (Å²) in [5.74, 6) is 0.785. The molecule has 0 fully saturated rings. The van der Waals surface area contributed by atoms with Gasteiger partial charge in [0, 0.05) is 27.3 Å². The molecule has 0 bridgehead atoms. The molecule has 0 atom stereocenters. The average Bonchev–Trinajstić information content (AvgIpc) is 3.22. The molecule has 0 saturated heterocycles. The molecule has 31 heavy (non-hydrogen) atoms. The molecule has 148 valence electrons. The lowest BCUT2D eigenvalue weighted by atomic mass is 9.93. The highest BCUT2D eigenvalue weighted by Gasteiger charge is 2.20. The third-order valence-electron chi connectivity index (χ3n) is 5.92. The van der Waals surface area contributed by atoms with Crippen LogP contribution in [0.15, 0.2) is 95.4 Å². The number of para-hydroxylation sites is 1. The predicted molar refractivity (Wildman–Crippen MR) is 125 cm³/mol. The molecule has 0 aliphatic rings. The van der Waals surface area contributed by atoms with Gasteiger partial charge in [0.1, 0.15) is 16.9 Å². The van der Waals surface area contributed by atoms with Crippen molar-refractivity contribution in [3.05, 3.63) is 102 Å². The van der Waals surface area contributed by atoms with E-state index in [-0.39, 0.29) is 5.78 Å². The zero-order valence-corrected chi connectivity index (χ0v) is 16.9. The summed E-state index contributed by atoms with van der Waals surface area (Å²) < 4.78 is 11.5. The van der Waals surface area contributed by atoms with Crippen LogP contribution in [0.2, 0.25) is 0 Å². The molecule has 1 aromatic heterocycles. The summed E-state index contributed by atoms with van der Waals surface area (Å²) >= 11 is 0. The molecule has 0 saturated carbocycles. The Hall–Kier alpha value is -4.11. The Kier molecular flexibility index (Phi) is 3.84. The lowest BCUT2D eigenvalue weighted by Gasteiger charge is -2.08. The van der Waals surface area contributed by atoms with Crippen molar-refractivity contribution in [2.45, 2.75) is 0 Å². The van der Waals surface area contributed by atoms with Gasteiger partial charge in [-0.2, -0.15) is 0 Å². The molecule has 6 aromatic rings. The van der Waals surface area contributed by atoms with Crippen LogP contribution in [0.3, 0.4) is 0 Å². The number of ether oxygens (including phenoxy) is 1. The van der Waals surface area contributed by atoms with Crippen LogP contribution in [0.5, 0.6) is 5.75 Å². The molecule has 1 heterocycles. The Bertz CT molecular complexity index is 1640. The first-order chi connectivity index (χ1) is 15.2. The van der Waals surface area contributed by atoms with Gasteiger partial charge in [0.2, 0.25) is 0 Å². The lowest BCUT2D eigenvalue weighted by molar-refractivity contribution is 0.104. The largest absolute Gasteiger partial charge is 0.497 e. The van der Waals surface area contributed by atoms with E-state index in [4.69, 9.17) is 9.15 Å². The Balaban J connectivity index is 1.62. The molecule has 5 aromatic carbocycles. The van der Waals surface area contributed by atoms with E-state index in [0.717, 1.165) is 49.2 Å². The monoisotopic (exact) mass is 402 g/mol. The first-order valence-electron chi connectivity index (χ1n) is 10.2. The third kappa shape index (κ3) is 2.71. The fraction of sp³-hybridized carbons (Fsp3) is 0.0357. The van der Waals surface area contributed by atoms with E-state index < -0.39 is 0 Å². The van der Waals surface area contributed by atoms with Gasteiger partial charge in [-0.3, -0.25) is 4.79 Å². The highest BCUT2D eigenvalue weighted by atomic mass is 16.5. The summed E-state index contributed by atoms with van der Waals surface area (Å²) in [6.45, 7) is 0. The van der Waals surface area contributed by atoms with Crippen molar-refractivity contribution in [2.75, 3.05) is 7.11 Å². The van der Waals surface area contributed by atoms with Gasteiger partial charge >= 0.3 is 0 Å². The molecule has 0 unspecified atom stereocenters. The molecular formula is C28H18O3. The van der Waals surface area contributed by atoms with Crippen LogP contribution in [0.1, 0.15) is 15.9 Å². The standard InChI is InChI=1S/C28H18O3/c1-30-21-13-12-17-14-20(11-10-18(17)15-21)27(29)24-16-19-6-2-3-7-22(19)28-26(24)23-8-4-5-9-25(23)31-28/h2-16H,1H3. The maximum Gasteiger partial charge on any atom is 0.193 e. The molecule has 6 rings (SSSR count). The molecular weight excluding hydrogens is 384 g/mol. The molecule has 0 N–H and O–H groups in total. The van der Waals surface area contributed by atoms with E-state index in [2.05, 4.69) is 0 Å². The second kappa shape index (κ2) is 6.71. The normalized spacial score (nSPS) is 11.5. The summed E-state index contributed by atoms with van der Waals surface area (Å²) in [7, 11) is 1.65. The predicted octanol–water partition coefficient (Wildman–Crippen LogP) is 7.13. The number of hydrogen-bond acceptors (Lipinski definition) is 3. The number of benzene rings is 5. The number of furan rings is 1. The number of carbonyl (C=O) groups excluding carboxylic acids is 1. The maximum absolute atomic E-state index is 13.7. The van der Waals surface area contributed by atoms with Gasteiger partial charge in [-0.05, 0) is 46.5 Å². The molecule has 0 amide bonds. The number of carbonyl (C=O) groups is 1. The lowest BCUT2D eigenvalue weighted by Crippen LogP contribution is -2.02. The van der Waals surface area contributed by atoms with Crippen molar-refractivity contribution in [1.29, 1.82) is 0 Å². The van der Waals surface area contributed by atoms with Crippen LogP contribution in [0.25, 0.3) is 43.5 Å². The molecule has 0 spiro atoms. The number of methoxy groups -OCH3 is 1. The first kappa shape index (κ1) is 17.7. The fourth-order valence-corrected chi connectivity index (χ4v) is 4.39. The zero-order valence-electron chi connectivity index (χ0n) is 16.9. The first-order valence-corrected chi connectivity index (χ1v) is 10.2. The summed E-state index contributed by atoms with van der Waals surface area (Å²) in [4.78, 5) is 13.7. The number of fused-ring (bicyclic) bond motifs is 6. The highest BCUT2D eigenvalue weighted by molar-refractivity contribution is 6.27. The van der Waals surface area contributed by atoms with Crippen molar-refractivity contribution < 1.29 is 13.9 Å². The van der Waals surface area contributed by atoms with E-state index in [1.165, 1.54) is 0 Å². The van der Waals surface area contributed by atoms with Crippen molar-refractivity contribution in [1.82, 2.24) is 0 Å². The van der Waals surface area contributed by atoms with E-state index in [1.807, 2.05) is 91.0 Å². The molecule has 3 heteroatoms. The Morgan fingerprint density at radius 2 is 1.48 bits per heavy atom. The van der Waals surface area contributed by atoms with Crippen LogP contribution >= 0.6 is 0 Å². The third-order valence-corrected chi connectivity index (χ3v) is 5.92. The van der Waals surface area contributed by atoms with E-state index in [1.54, 1.807) is 7.11 Å². The van der Waals surface area contributed by atoms with E-state index in [9.17, 15) is 4.79 Å². The van der Waals surface area contributed by atoms with Crippen LogP contribution < -0.4 is 4.74 Å². The molecule has 3 nitrogen and oxygen atoms in total. The van der Waals surface area contributed by atoms with Crippen LogP contribution in [-0.2, 0) is 0 Å². The minimum Gasteiger partial charge on any atom is -0.497 e. The van der Waals surface area contributed by atoms with Gasteiger partial charge in [0.15, 0.2) is 5.78 Å². The quantitative estimate of drug-likeness (QED) is 0.296. The minimum atomic E-state index is -0.0139. The smallest absolute Gasteiger partial charge is 0.193 e. The molecule has 0 radical (unpaired) electrons. The highest BCUT2D eigenvalue weighted by Crippen LogP contribution is 2.37. The molecule has 0 aliphatic carbocycles. The minimum absolute atomic E-state index is 0.0139. The fourth-order valence-electron chi connectivity index (χ4n) is 4.39. The van der Waals surface area contributed by atoms with Gasteiger partial charge in [-0.15, -0.1) is 0 Å². The van der Waals surface area contributed by atoms with Gasteiger partial charge in [-0.25, -0.2) is 0 Å². The van der Waals surface area contributed by atoms with Crippen molar-refractivity contribution >= 4 is 49.3 Å². The van der Waals surface area contributed by atoms with E-state index in [0.29, 0.717) is 11.1 Å². The van der Waals surface area contributed by atoms with Gasteiger partial charge in [0.05, 0.1) is 7.11 Å². The number of ketones is 1. The summed E-state index contributed by atoms with van der Waals surface area (Å²) in [6, 6.07) is 29.6. The van der Waals surface area contributed by atoms with Gasteiger partial charge in [0.25, 0.3) is 0 Å². The van der Waals surface area contributed by atoms with Crippen LogP contribution in [0.4, 0.5) is 0 Å². The Morgan fingerprint density at radius 3 is 2.35 bits per heavy atom. The van der Waals surface area contributed by atoms with Crippen molar-refractivity contribution in [3.8, 4) is 5.75 Å². The molecule has 0 aliphatic heterocycles. The second-order valence-corrected chi connectivity index (χ2v) is 7.70. The number of hydrogen-bond donors (Lipinski definition) is 0. The summed E-state index contributed by atoms with van der Waals surface area (Å²) in [5.41, 5.74) is 2.85. The Morgan fingerprint density at radius 1 is 0.742 bits per heavy atom. The zero-order chi connectivity index (χ0) is 20.9. The van der Waals surface area contributed by atoms with Crippen LogP contribution in [0, 0.1) is 0 Å². The average molecular weight is 402 g/mol. The van der Waals surface area contributed by atoms with Gasteiger partial charge < -0.3 is 9.15 Å². The van der Waals surface area contributed by atoms with Crippen molar-refractivity contribution in [2.24, 2.45) is 0 Å².